The lowest BCUT2D eigenvalue weighted by molar-refractivity contribution is 0.658. The van der Waals surface area contributed by atoms with Gasteiger partial charge in [0, 0.05) is 4.70 Å². The molecular weight excluding hydrogens is 187 g/mol. The van der Waals surface area contributed by atoms with Gasteiger partial charge in [-0.05, 0) is 23.6 Å². The van der Waals surface area contributed by atoms with Crippen molar-refractivity contribution in [2.45, 2.75) is 0 Å². The molecule has 0 amide bonds. The van der Waals surface area contributed by atoms with Gasteiger partial charge in [0.1, 0.15) is 6.07 Å². The molecule has 2 nitrogen and oxygen atoms in total. The lowest BCUT2D eigenvalue weighted by Crippen LogP contribution is -1.88. The largest absolute Gasteiger partial charge is 0.398 e. The first kappa shape index (κ1) is 8.02. The number of thiophene rings is 1. The fourth-order valence-electron chi connectivity index (χ4n) is 1.17. The summed E-state index contributed by atoms with van der Waals surface area (Å²) in [6.45, 7) is 0. The minimum Gasteiger partial charge on any atom is -0.398 e. The average Bonchev–Trinajstić information content (AvgIpc) is 2.42. The van der Waals surface area contributed by atoms with Crippen molar-refractivity contribution >= 4 is 27.1 Å². The molecule has 0 aliphatic heterocycles. The molecule has 1 aromatic heterocycles. The summed E-state index contributed by atoms with van der Waals surface area (Å²) in [5.41, 5.74) is 6.36. The van der Waals surface area contributed by atoms with Crippen LogP contribution in [-0.4, -0.2) is 0 Å². The highest BCUT2D eigenvalue weighted by molar-refractivity contribution is 7.17. The lowest BCUT2D eigenvalue weighted by atomic mass is 10.1. The normalized spacial score (nSPS) is 10.2. The molecule has 2 rings (SSSR count). The van der Waals surface area contributed by atoms with E-state index in [1.165, 1.54) is 6.07 Å². The minimum absolute atomic E-state index is 0.260. The Morgan fingerprint density at radius 1 is 1.38 bits per heavy atom. The predicted molar refractivity (Wildman–Crippen MR) is 50.9 cm³/mol. The van der Waals surface area contributed by atoms with Crippen LogP contribution in [0.25, 0.3) is 10.1 Å². The van der Waals surface area contributed by atoms with Gasteiger partial charge in [-0.3, -0.25) is 0 Å². The van der Waals surface area contributed by atoms with Gasteiger partial charge in [0.25, 0.3) is 0 Å². The van der Waals surface area contributed by atoms with E-state index in [1.807, 2.05) is 6.07 Å². The summed E-state index contributed by atoms with van der Waals surface area (Å²) in [4.78, 5) is 0. The summed E-state index contributed by atoms with van der Waals surface area (Å²) in [5.74, 6) is 0. The Hall–Kier alpha value is -1.60. The monoisotopic (exact) mass is 192 g/mol. The Labute approximate surface area is 78.0 Å². The first-order valence-corrected chi connectivity index (χ1v) is 4.41. The van der Waals surface area contributed by atoms with Crippen molar-refractivity contribution in [2.24, 2.45) is 0 Å². The Morgan fingerprint density at radius 3 is 2.85 bits per heavy atom. The molecule has 1 heterocycles. The topological polar surface area (TPSA) is 49.8 Å². The van der Waals surface area contributed by atoms with E-state index in [0.717, 1.165) is 21.4 Å². The van der Waals surface area contributed by atoms with Gasteiger partial charge < -0.3 is 5.73 Å². The molecule has 0 bridgehead atoms. The predicted octanol–water partition coefficient (Wildman–Crippen LogP) is 2.49. The smallest absolute Gasteiger partial charge is 0.177 e. The van der Waals surface area contributed by atoms with E-state index in [9.17, 15) is 4.39 Å². The number of benzene rings is 1. The van der Waals surface area contributed by atoms with Gasteiger partial charge >= 0.3 is 0 Å². The average molecular weight is 192 g/mol. The molecule has 13 heavy (non-hydrogen) atoms. The van der Waals surface area contributed by atoms with E-state index < -0.39 is 0 Å². The molecule has 1 aromatic carbocycles. The third-order valence-electron chi connectivity index (χ3n) is 1.78. The second kappa shape index (κ2) is 2.71. The Morgan fingerprint density at radius 2 is 2.15 bits per heavy atom. The highest BCUT2D eigenvalue weighted by Crippen LogP contribution is 2.28. The fraction of sp³-hybridized carbons (Fsp3) is 0. The van der Waals surface area contributed by atoms with E-state index >= 15 is 0 Å². The van der Waals surface area contributed by atoms with Crippen LogP contribution in [0.15, 0.2) is 18.2 Å². The number of hydrogen-bond acceptors (Lipinski definition) is 3. The highest BCUT2D eigenvalue weighted by atomic mass is 32.1. The van der Waals surface area contributed by atoms with Crippen molar-refractivity contribution in [1.29, 1.82) is 5.26 Å². The third-order valence-corrected chi connectivity index (χ3v) is 2.67. The van der Waals surface area contributed by atoms with Crippen LogP contribution in [0.4, 0.5) is 10.1 Å². The van der Waals surface area contributed by atoms with E-state index in [1.54, 1.807) is 12.1 Å². The molecule has 64 valence electrons. The second-order valence-electron chi connectivity index (χ2n) is 2.64. The summed E-state index contributed by atoms with van der Waals surface area (Å²) in [6.07, 6.45) is 0. The number of rotatable bonds is 0. The number of nitriles is 1. The second-order valence-corrected chi connectivity index (χ2v) is 3.67. The van der Waals surface area contributed by atoms with Gasteiger partial charge in [0.05, 0.1) is 11.3 Å². The molecule has 0 radical (unpaired) electrons. The summed E-state index contributed by atoms with van der Waals surface area (Å²) in [7, 11) is 0. The van der Waals surface area contributed by atoms with E-state index in [2.05, 4.69) is 0 Å². The Balaban J connectivity index is 2.82. The maximum atomic E-state index is 12.8. The number of fused-ring (bicyclic) bond motifs is 1. The highest BCUT2D eigenvalue weighted by Gasteiger charge is 2.05. The molecular formula is C9H5FN2S. The minimum atomic E-state index is -0.260. The van der Waals surface area contributed by atoms with Crippen molar-refractivity contribution in [2.75, 3.05) is 5.73 Å². The van der Waals surface area contributed by atoms with Crippen molar-refractivity contribution < 1.29 is 4.39 Å². The summed E-state index contributed by atoms with van der Waals surface area (Å²) in [6, 6.07) is 6.58. The van der Waals surface area contributed by atoms with Crippen LogP contribution in [-0.2, 0) is 0 Å². The first-order valence-electron chi connectivity index (χ1n) is 3.59. The molecule has 2 N–H and O–H groups in total. The zero-order valence-corrected chi connectivity index (χ0v) is 7.36. The molecule has 0 atom stereocenters. The summed E-state index contributed by atoms with van der Waals surface area (Å²) < 4.78 is 13.6. The van der Waals surface area contributed by atoms with E-state index in [4.69, 9.17) is 11.0 Å². The van der Waals surface area contributed by atoms with Crippen molar-refractivity contribution in [3.05, 3.63) is 28.9 Å². The van der Waals surface area contributed by atoms with Gasteiger partial charge in [0.15, 0.2) is 5.13 Å². The number of anilines is 1. The molecule has 0 spiro atoms. The van der Waals surface area contributed by atoms with Crippen molar-refractivity contribution in [3.8, 4) is 6.07 Å². The van der Waals surface area contributed by atoms with Gasteiger partial charge in [-0.25, -0.2) is 0 Å². The van der Waals surface area contributed by atoms with Crippen LogP contribution < -0.4 is 5.73 Å². The maximum Gasteiger partial charge on any atom is 0.177 e. The Bertz CT molecular complexity index is 510. The van der Waals surface area contributed by atoms with E-state index in [-0.39, 0.29) is 5.13 Å². The summed E-state index contributed by atoms with van der Waals surface area (Å²) in [5, 5.41) is 9.13. The molecule has 0 aliphatic rings. The van der Waals surface area contributed by atoms with Crippen LogP contribution in [0.3, 0.4) is 0 Å². The SMILES string of the molecule is N#Cc1cc2cc(F)sc2cc1N. The van der Waals surface area contributed by atoms with Gasteiger partial charge in [-0.2, -0.15) is 9.65 Å². The standard InChI is InChI=1S/C9H5FN2S/c10-9-2-5-1-6(4-11)7(12)3-8(5)13-9/h1-3H,12H2. The molecule has 0 saturated heterocycles. The number of nitrogens with zero attached hydrogens (tertiary/aromatic N) is 1. The molecule has 0 saturated carbocycles. The zero-order valence-electron chi connectivity index (χ0n) is 6.54. The molecule has 2 aromatic rings. The van der Waals surface area contributed by atoms with Crippen LogP contribution >= 0.6 is 11.3 Å². The Kier molecular flexibility index (Phi) is 1.67. The summed E-state index contributed by atoms with van der Waals surface area (Å²) >= 11 is 1.03. The van der Waals surface area contributed by atoms with Crippen LogP contribution in [0.1, 0.15) is 5.56 Å². The molecule has 4 heteroatoms. The van der Waals surface area contributed by atoms with Crippen LogP contribution in [0.2, 0.25) is 0 Å². The van der Waals surface area contributed by atoms with E-state index in [0.29, 0.717) is 11.3 Å². The number of halogens is 1. The van der Waals surface area contributed by atoms with Crippen LogP contribution in [0.5, 0.6) is 0 Å². The molecule has 0 aliphatic carbocycles. The van der Waals surface area contributed by atoms with Gasteiger partial charge in [-0.1, -0.05) is 0 Å². The number of nitrogen functional groups attached to an aromatic ring is 1. The third kappa shape index (κ3) is 1.23. The first-order chi connectivity index (χ1) is 6.20. The lowest BCUT2D eigenvalue weighted by Gasteiger charge is -1.95. The molecule has 0 fully saturated rings. The van der Waals surface area contributed by atoms with Crippen molar-refractivity contribution in [3.63, 3.8) is 0 Å². The zero-order chi connectivity index (χ0) is 9.42. The van der Waals surface area contributed by atoms with Crippen LogP contribution in [0, 0.1) is 16.5 Å². The van der Waals surface area contributed by atoms with Crippen molar-refractivity contribution in [1.82, 2.24) is 0 Å². The fourth-order valence-corrected chi connectivity index (χ4v) is 1.98. The molecule has 0 unspecified atom stereocenters. The quantitative estimate of drug-likeness (QED) is 0.652. The number of hydrogen-bond donors (Lipinski definition) is 1. The van der Waals surface area contributed by atoms with Gasteiger partial charge in [0.2, 0.25) is 0 Å². The van der Waals surface area contributed by atoms with Gasteiger partial charge in [-0.15, -0.1) is 11.3 Å². The maximum absolute atomic E-state index is 12.8. The number of nitrogens with two attached hydrogens (primary N) is 1.